The fourth-order valence-electron chi connectivity index (χ4n) is 1.20. The molecule has 0 amide bonds. The summed E-state index contributed by atoms with van der Waals surface area (Å²) in [5.74, 6) is 0. The number of ether oxygens (including phenoxy) is 1. The van der Waals surface area contributed by atoms with Gasteiger partial charge in [0.2, 0.25) is 0 Å². The second-order valence-corrected chi connectivity index (χ2v) is 6.85. The van der Waals surface area contributed by atoms with Crippen molar-refractivity contribution in [3.05, 3.63) is 29.4 Å². The summed E-state index contributed by atoms with van der Waals surface area (Å²) in [6.07, 6.45) is 3.43. The van der Waals surface area contributed by atoms with Crippen molar-refractivity contribution in [1.82, 2.24) is 4.57 Å². The van der Waals surface area contributed by atoms with E-state index in [0.717, 1.165) is 11.7 Å². The number of rotatable bonds is 2. The average Bonchev–Trinajstić information content (AvgIpc) is 2.58. The van der Waals surface area contributed by atoms with E-state index in [9.17, 15) is 13.2 Å². The SMILES string of the molecule is CC(C)(C)OC(=O)n1cccc1/C=C/S(C)(=O)=O. The number of aromatic nitrogens is 1. The summed E-state index contributed by atoms with van der Waals surface area (Å²) in [5.41, 5.74) is -0.145. The fourth-order valence-corrected chi connectivity index (χ4v) is 1.59. The highest BCUT2D eigenvalue weighted by molar-refractivity contribution is 7.93. The van der Waals surface area contributed by atoms with Crippen molar-refractivity contribution in [1.29, 1.82) is 0 Å². The molecule has 0 N–H and O–H groups in total. The Bertz CT molecular complexity index is 561. The molecule has 0 saturated heterocycles. The molecule has 1 rings (SSSR count). The van der Waals surface area contributed by atoms with Crippen molar-refractivity contribution in [2.24, 2.45) is 0 Å². The molecule has 1 heterocycles. The van der Waals surface area contributed by atoms with Gasteiger partial charge in [-0.2, -0.15) is 0 Å². The smallest absolute Gasteiger partial charge is 0.418 e. The second kappa shape index (κ2) is 4.97. The van der Waals surface area contributed by atoms with Gasteiger partial charge in [-0.1, -0.05) is 0 Å². The maximum absolute atomic E-state index is 11.8. The van der Waals surface area contributed by atoms with Gasteiger partial charge in [0, 0.05) is 17.9 Å². The van der Waals surface area contributed by atoms with Gasteiger partial charge in [-0.05, 0) is 39.0 Å². The fraction of sp³-hybridized carbons (Fsp3) is 0.417. The molecule has 0 radical (unpaired) electrons. The third-order valence-electron chi connectivity index (χ3n) is 1.86. The second-order valence-electron chi connectivity index (χ2n) is 4.92. The van der Waals surface area contributed by atoms with Crippen LogP contribution in [0.2, 0.25) is 0 Å². The number of carbonyl (C=O) groups is 1. The maximum Gasteiger partial charge on any atom is 0.418 e. The molecule has 0 unspecified atom stereocenters. The van der Waals surface area contributed by atoms with Gasteiger partial charge in [-0.15, -0.1) is 0 Å². The normalized spacial score (nSPS) is 12.9. The van der Waals surface area contributed by atoms with Crippen LogP contribution in [0.1, 0.15) is 26.5 Å². The zero-order valence-electron chi connectivity index (χ0n) is 10.9. The zero-order valence-corrected chi connectivity index (χ0v) is 11.7. The Labute approximate surface area is 107 Å². The Hall–Kier alpha value is -1.56. The van der Waals surface area contributed by atoms with Gasteiger partial charge >= 0.3 is 6.09 Å². The van der Waals surface area contributed by atoms with E-state index in [2.05, 4.69) is 0 Å². The quantitative estimate of drug-likeness (QED) is 0.827. The number of sulfone groups is 1. The molecule has 6 heteroatoms. The van der Waals surface area contributed by atoms with Gasteiger partial charge in [-0.3, -0.25) is 4.57 Å². The minimum Gasteiger partial charge on any atom is -0.443 e. The van der Waals surface area contributed by atoms with Crippen LogP contribution in [0.3, 0.4) is 0 Å². The summed E-state index contributed by atoms with van der Waals surface area (Å²) in [6, 6.07) is 3.28. The molecule has 0 aromatic carbocycles. The first-order valence-electron chi connectivity index (χ1n) is 5.37. The van der Waals surface area contributed by atoms with E-state index in [-0.39, 0.29) is 0 Å². The third-order valence-corrected chi connectivity index (χ3v) is 2.49. The molecular formula is C12H17NO4S. The number of carbonyl (C=O) groups excluding carboxylic acids is 1. The Morgan fingerprint density at radius 2 is 2.00 bits per heavy atom. The first kappa shape index (κ1) is 14.5. The molecule has 0 bridgehead atoms. The lowest BCUT2D eigenvalue weighted by atomic mass is 10.2. The first-order valence-corrected chi connectivity index (χ1v) is 7.33. The molecule has 1 aromatic heterocycles. The van der Waals surface area contributed by atoms with Crippen LogP contribution >= 0.6 is 0 Å². The summed E-state index contributed by atoms with van der Waals surface area (Å²) in [7, 11) is -3.22. The predicted octanol–water partition coefficient (Wildman–Crippen LogP) is 2.29. The molecule has 0 saturated carbocycles. The predicted molar refractivity (Wildman–Crippen MR) is 69.9 cm³/mol. The summed E-state index contributed by atoms with van der Waals surface area (Å²) >= 11 is 0. The van der Waals surface area contributed by atoms with Gasteiger partial charge in [0.1, 0.15) is 5.60 Å². The number of hydrogen-bond acceptors (Lipinski definition) is 4. The van der Waals surface area contributed by atoms with Crippen LogP contribution in [-0.4, -0.2) is 30.9 Å². The Morgan fingerprint density at radius 1 is 1.39 bits per heavy atom. The van der Waals surface area contributed by atoms with Crippen LogP contribution in [0.5, 0.6) is 0 Å². The molecule has 0 atom stereocenters. The molecule has 0 aliphatic rings. The van der Waals surface area contributed by atoms with Crippen molar-refractivity contribution < 1.29 is 17.9 Å². The number of hydrogen-bond donors (Lipinski definition) is 0. The summed E-state index contributed by atoms with van der Waals surface area (Å²) < 4.78 is 28.5. The highest BCUT2D eigenvalue weighted by Gasteiger charge is 2.18. The lowest BCUT2D eigenvalue weighted by Gasteiger charge is -2.20. The van der Waals surface area contributed by atoms with E-state index in [0.29, 0.717) is 5.69 Å². The van der Waals surface area contributed by atoms with Crippen molar-refractivity contribution in [2.75, 3.05) is 6.26 Å². The average molecular weight is 271 g/mol. The summed E-state index contributed by atoms with van der Waals surface area (Å²) in [6.45, 7) is 5.29. The molecule has 100 valence electrons. The van der Waals surface area contributed by atoms with E-state index in [1.54, 1.807) is 32.9 Å². The Morgan fingerprint density at radius 3 is 2.50 bits per heavy atom. The van der Waals surface area contributed by atoms with Crippen molar-refractivity contribution in [2.45, 2.75) is 26.4 Å². The van der Waals surface area contributed by atoms with Crippen LogP contribution in [0.4, 0.5) is 4.79 Å². The van der Waals surface area contributed by atoms with Gasteiger partial charge < -0.3 is 4.74 Å². The molecule has 0 spiro atoms. The van der Waals surface area contributed by atoms with Gasteiger partial charge in [0.25, 0.3) is 0 Å². The topological polar surface area (TPSA) is 65.4 Å². The monoisotopic (exact) mass is 271 g/mol. The zero-order chi connectivity index (χ0) is 14.0. The van der Waals surface area contributed by atoms with Crippen LogP contribution < -0.4 is 0 Å². The highest BCUT2D eigenvalue weighted by atomic mass is 32.2. The minimum absolute atomic E-state index is 0.453. The van der Waals surface area contributed by atoms with Crippen molar-refractivity contribution in [3.63, 3.8) is 0 Å². The minimum atomic E-state index is -3.22. The molecule has 1 aromatic rings. The van der Waals surface area contributed by atoms with Crippen LogP contribution in [-0.2, 0) is 14.6 Å². The first-order chi connectivity index (χ1) is 8.08. The Kier molecular flexibility index (Phi) is 4.01. The largest absolute Gasteiger partial charge is 0.443 e. The number of nitrogens with zero attached hydrogens (tertiary/aromatic N) is 1. The summed E-state index contributed by atoms with van der Waals surface area (Å²) in [4.78, 5) is 11.8. The van der Waals surface area contributed by atoms with Crippen LogP contribution in [0.25, 0.3) is 6.08 Å². The molecular weight excluding hydrogens is 254 g/mol. The van der Waals surface area contributed by atoms with Crippen LogP contribution in [0.15, 0.2) is 23.7 Å². The van der Waals surface area contributed by atoms with Gasteiger partial charge in [-0.25, -0.2) is 13.2 Å². The van der Waals surface area contributed by atoms with Crippen LogP contribution in [0, 0.1) is 0 Å². The third kappa shape index (κ3) is 4.75. The van der Waals surface area contributed by atoms with Crippen molar-refractivity contribution in [3.8, 4) is 0 Å². The van der Waals surface area contributed by atoms with E-state index in [4.69, 9.17) is 4.74 Å². The molecule has 0 aliphatic carbocycles. The van der Waals surface area contributed by atoms with Gasteiger partial charge in [0.15, 0.2) is 9.84 Å². The van der Waals surface area contributed by atoms with Crippen molar-refractivity contribution >= 4 is 22.0 Å². The van der Waals surface area contributed by atoms with Gasteiger partial charge in [0.05, 0.1) is 5.69 Å². The van der Waals surface area contributed by atoms with E-state index in [1.807, 2.05) is 0 Å². The van der Waals surface area contributed by atoms with E-state index >= 15 is 0 Å². The highest BCUT2D eigenvalue weighted by Crippen LogP contribution is 2.12. The standard InChI is InChI=1S/C12H17NO4S/c1-12(2,3)17-11(14)13-8-5-6-10(13)7-9-18(4,15)16/h5-9H,1-4H3/b9-7+. The molecule has 0 fully saturated rings. The lowest BCUT2D eigenvalue weighted by Crippen LogP contribution is -2.27. The summed E-state index contributed by atoms with van der Waals surface area (Å²) in [5, 5.41) is 1.04. The Balaban J connectivity index is 2.97. The maximum atomic E-state index is 11.8. The molecule has 5 nitrogen and oxygen atoms in total. The lowest BCUT2D eigenvalue weighted by molar-refractivity contribution is 0.0536. The van der Waals surface area contributed by atoms with E-state index < -0.39 is 21.5 Å². The molecule has 18 heavy (non-hydrogen) atoms. The molecule has 0 aliphatic heterocycles. The van der Waals surface area contributed by atoms with E-state index in [1.165, 1.54) is 16.8 Å².